The molecular formula is C25H30ClFN4O2. The summed E-state index contributed by atoms with van der Waals surface area (Å²) in [5, 5.41) is 0.384. The summed E-state index contributed by atoms with van der Waals surface area (Å²) in [6.07, 6.45) is 1.49. The summed E-state index contributed by atoms with van der Waals surface area (Å²) < 4.78 is 22.2. The van der Waals surface area contributed by atoms with Gasteiger partial charge in [-0.1, -0.05) is 29.8 Å². The van der Waals surface area contributed by atoms with Crippen LogP contribution in [-0.2, 0) is 11.3 Å². The lowest BCUT2D eigenvalue weighted by Gasteiger charge is -2.38. The van der Waals surface area contributed by atoms with Gasteiger partial charge in [-0.25, -0.2) is 14.2 Å². The number of likely N-dealkylation sites (tertiary alicyclic amines) is 1. The first kappa shape index (κ1) is 23.4. The second kappa shape index (κ2) is 9.21. The Balaban J connectivity index is 1.65. The van der Waals surface area contributed by atoms with Crippen LogP contribution in [0.4, 0.5) is 15.1 Å². The van der Waals surface area contributed by atoms with Crippen molar-refractivity contribution in [2.75, 3.05) is 25.0 Å². The van der Waals surface area contributed by atoms with Crippen LogP contribution in [0.5, 0.6) is 0 Å². The maximum atomic E-state index is 14.6. The van der Waals surface area contributed by atoms with Gasteiger partial charge in [0.05, 0.1) is 17.6 Å². The Morgan fingerprint density at radius 1 is 1.24 bits per heavy atom. The van der Waals surface area contributed by atoms with Gasteiger partial charge in [-0.05, 0) is 57.9 Å². The maximum Gasteiger partial charge on any atom is 0.410 e. The third-order valence-corrected chi connectivity index (χ3v) is 6.28. The second-order valence-corrected chi connectivity index (χ2v) is 9.93. The summed E-state index contributed by atoms with van der Waals surface area (Å²) >= 11 is 6.34. The fourth-order valence-electron chi connectivity index (χ4n) is 4.26. The lowest BCUT2D eigenvalue weighted by molar-refractivity contribution is 0.0199. The highest BCUT2D eigenvalue weighted by atomic mass is 35.5. The zero-order chi connectivity index (χ0) is 23.8. The smallest absolute Gasteiger partial charge is 0.410 e. The van der Waals surface area contributed by atoms with Crippen molar-refractivity contribution >= 4 is 34.7 Å². The number of carbonyl (C=O) groups excluding carboxylic acids is 1. The number of piperidine rings is 1. The molecule has 0 saturated carbocycles. The normalized spacial score (nSPS) is 16.8. The molecule has 0 radical (unpaired) electrons. The van der Waals surface area contributed by atoms with Gasteiger partial charge in [0.2, 0.25) is 5.95 Å². The Morgan fingerprint density at radius 2 is 2.00 bits per heavy atom. The molecule has 2 heterocycles. The quantitative estimate of drug-likeness (QED) is 0.487. The van der Waals surface area contributed by atoms with Gasteiger partial charge in [0.15, 0.2) is 0 Å². The molecule has 0 spiro atoms. The van der Waals surface area contributed by atoms with E-state index < -0.39 is 5.60 Å². The molecule has 0 unspecified atom stereocenters. The van der Waals surface area contributed by atoms with Crippen LogP contribution in [0.3, 0.4) is 0 Å². The van der Waals surface area contributed by atoms with Gasteiger partial charge in [-0.2, -0.15) is 0 Å². The predicted octanol–water partition coefficient (Wildman–Crippen LogP) is 5.71. The van der Waals surface area contributed by atoms with Gasteiger partial charge >= 0.3 is 6.09 Å². The number of carbonyl (C=O) groups is 1. The minimum atomic E-state index is -0.539. The average Bonchev–Trinajstić information content (AvgIpc) is 3.13. The van der Waals surface area contributed by atoms with Crippen LogP contribution in [-0.4, -0.2) is 52.3 Å². The summed E-state index contributed by atoms with van der Waals surface area (Å²) in [6.45, 7) is 7.07. The van der Waals surface area contributed by atoms with E-state index in [9.17, 15) is 9.18 Å². The number of imidazole rings is 1. The van der Waals surface area contributed by atoms with E-state index in [2.05, 4.69) is 4.90 Å². The van der Waals surface area contributed by atoms with Gasteiger partial charge < -0.3 is 19.1 Å². The van der Waals surface area contributed by atoms with Gasteiger partial charge in [0.1, 0.15) is 11.4 Å². The first-order valence-electron chi connectivity index (χ1n) is 11.2. The predicted molar refractivity (Wildman–Crippen MR) is 129 cm³/mol. The molecule has 33 heavy (non-hydrogen) atoms. The van der Waals surface area contributed by atoms with Crippen LogP contribution in [0, 0.1) is 5.82 Å². The Hall–Kier alpha value is -2.80. The van der Waals surface area contributed by atoms with Crippen molar-refractivity contribution in [2.45, 2.75) is 51.8 Å². The van der Waals surface area contributed by atoms with Crippen molar-refractivity contribution in [2.24, 2.45) is 0 Å². The largest absolute Gasteiger partial charge is 0.444 e. The third kappa shape index (κ3) is 5.08. The lowest BCUT2D eigenvalue weighted by Crippen LogP contribution is -2.50. The molecule has 1 fully saturated rings. The monoisotopic (exact) mass is 472 g/mol. The molecule has 1 aliphatic rings. The average molecular weight is 473 g/mol. The number of hydrogen-bond donors (Lipinski definition) is 0. The van der Waals surface area contributed by atoms with E-state index in [0.717, 1.165) is 23.9 Å². The molecule has 3 aromatic rings. The summed E-state index contributed by atoms with van der Waals surface area (Å²) in [7, 11) is 1.98. The van der Waals surface area contributed by atoms with Gasteiger partial charge in [-0.3, -0.25) is 0 Å². The zero-order valence-electron chi connectivity index (χ0n) is 19.5. The molecule has 0 N–H and O–H groups in total. The van der Waals surface area contributed by atoms with Crippen molar-refractivity contribution in [3.63, 3.8) is 0 Å². The number of aromatic nitrogens is 2. The van der Waals surface area contributed by atoms with Crippen molar-refractivity contribution in [1.29, 1.82) is 0 Å². The number of hydrogen-bond acceptors (Lipinski definition) is 4. The number of amides is 1. The van der Waals surface area contributed by atoms with Gasteiger partial charge in [0.25, 0.3) is 0 Å². The lowest BCUT2D eigenvalue weighted by atomic mass is 10.1. The van der Waals surface area contributed by atoms with Crippen molar-refractivity contribution < 1.29 is 13.9 Å². The molecule has 4 rings (SSSR count). The minimum absolute atomic E-state index is 0.0536. The van der Waals surface area contributed by atoms with E-state index in [4.69, 9.17) is 21.3 Å². The van der Waals surface area contributed by atoms with E-state index in [1.807, 2.05) is 56.7 Å². The van der Waals surface area contributed by atoms with Gasteiger partial charge in [0, 0.05) is 36.8 Å². The first-order valence-corrected chi connectivity index (χ1v) is 11.6. The highest BCUT2D eigenvalue weighted by Gasteiger charge is 2.31. The minimum Gasteiger partial charge on any atom is -0.444 e. The number of likely N-dealkylation sites (N-methyl/N-ethyl adjacent to an activating group) is 1. The molecule has 0 bridgehead atoms. The second-order valence-electron chi connectivity index (χ2n) is 9.52. The van der Waals surface area contributed by atoms with E-state index in [0.29, 0.717) is 29.6 Å². The number of rotatable bonds is 4. The number of benzene rings is 2. The highest BCUT2D eigenvalue weighted by Crippen LogP contribution is 2.29. The highest BCUT2D eigenvalue weighted by molar-refractivity contribution is 6.31. The summed E-state index contributed by atoms with van der Waals surface area (Å²) in [5.74, 6) is 0.370. The number of halogens is 2. The molecule has 1 aliphatic heterocycles. The standard InChI is InChI=1S/C25H30ClFN4O2/c1-25(2,3)33-24(32)30-14-8-9-17(15-30)29(4)23-28-21-12-5-6-13-22(21)31(23)16-18-19(26)10-7-11-20(18)27/h5-7,10-13,17H,8-9,14-16H2,1-4H3/t17-/m0/s1. The van der Waals surface area contributed by atoms with Gasteiger partial charge in [-0.15, -0.1) is 0 Å². The van der Waals surface area contributed by atoms with Crippen molar-refractivity contribution in [3.8, 4) is 0 Å². The van der Waals surface area contributed by atoms with Crippen LogP contribution in [0.25, 0.3) is 11.0 Å². The fraction of sp³-hybridized carbons (Fsp3) is 0.440. The number of fused-ring (bicyclic) bond motifs is 1. The molecule has 1 aromatic heterocycles. The molecule has 1 amide bonds. The molecular weight excluding hydrogens is 443 g/mol. The Labute approximate surface area is 198 Å². The summed E-state index contributed by atoms with van der Waals surface area (Å²) in [5.41, 5.74) is 1.62. The summed E-state index contributed by atoms with van der Waals surface area (Å²) in [6, 6.07) is 12.6. The summed E-state index contributed by atoms with van der Waals surface area (Å²) in [4.78, 5) is 21.4. The van der Waals surface area contributed by atoms with E-state index in [1.54, 1.807) is 17.0 Å². The molecule has 1 saturated heterocycles. The Morgan fingerprint density at radius 3 is 2.73 bits per heavy atom. The number of nitrogens with zero attached hydrogens (tertiary/aromatic N) is 4. The Kier molecular flexibility index (Phi) is 6.52. The van der Waals surface area contributed by atoms with E-state index >= 15 is 0 Å². The fourth-order valence-corrected chi connectivity index (χ4v) is 4.48. The molecule has 8 heteroatoms. The Bertz CT molecular complexity index is 1140. The van der Waals surface area contributed by atoms with Crippen LogP contribution >= 0.6 is 11.6 Å². The number of para-hydroxylation sites is 2. The van der Waals surface area contributed by atoms with Crippen molar-refractivity contribution in [1.82, 2.24) is 14.5 Å². The molecule has 6 nitrogen and oxygen atoms in total. The number of ether oxygens (including phenoxy) is 1. The molecule has 0 aliphatic carbocycles. The molecule has 176 valence electrons. The van der Waals surface area contributed by atoms with E-state index in [1.165, 1.54) is 6.07 Å². The number of anilines is 1. The zero-order valence-corrected chi connectivity index (χ0v) is 20.3. The SMILES string of the molecule is CN(c1nc2ccccc2n1Cc1c(F)cccc1Cl)[C@H]1CCCN(C(=O)OC(C)(C)C)C1. The molecule has 1 atom stereocenters. The van der Waals surface area contributed by atoms with Crippen LogP contribution < -0.4 is 4.90 Å². The van der Waals surface area contributed by atoms with E-state index in [-0.39, 0.29) is 24.5 Å². The van der Waals surface area contributed by atoms with Crippen LogP contribution in [0.1, 0.15) is 39.2 Å². The van der Waals surface area contributed by atoms with Crippen molar-refractivity contribution in [3.05, 3.63) is 58.9 Å². The topological polar surface area (TPSA) is 50.6 Å². The molecule has 2 aromatic carbocycles. The van der Waals surface area contributed by atoms with Crippen LogP contribution in [0.2, 0.25) is 5.02 Å². The first-order chi connectivity index (χ1) is 15.6. The van der Waals surface area contributed by atoms with Crippen LogP contribution in [0.15, 0.2) is 42.5 Å². The third-order valence-electron chi connectivity index (χ3n) is 5.92. The maximum absolute atomic E-state index is 14.6.